The zero-order chi connectivity index (χ0) is 9.54. The number of hydrogen-bond acceptors (Lipinski definition) is 3. The number of benzene rings is 1. The largest absolute Gasteiger partial charge is 0.294 e. The number of amidine groups is 1. The molecule has 3 nitrogen and oxygen atoms in total. The number of rotatable bonds is 0. The fourth-order valence-electron chi connectivity index (χ4n) is 1.83. The first-order valence-corrected chi connectivity index (χ1v) is 4.70. The van der Waals surface area contributed by atoms with E-state index in [2.05, 4.69) is 33.2 Å². The van der Waals surface area contributed by atoms with E-state index >= 15 is 0 Å². The summed E-state index contributed by atoms with van der Waals surface area (Å²) in [5, 5.41) is 4.22. The summed E-state index contributed by atoms with van der Waals surface area (Å²) >= 11 is 0. The van der Waals surface area contributed by atoms with Crippen LogP contribution in [0.25, 0.3) is 0 Å². The molecule has 14 heavy (non-hydrogen) atoms. The fourth-order valence-corrected chi connectivity index (χ4v) is 1.83. The van der Waals surface area contributed by atoms with Gasteiger partial charge >= 0.3 is 0 Å². The van der Waals surface area contributed by atoms with Crippen LogP contribution in [0.4, 0.5) is 5.69 Å². The lowest BCUT2D eigenvalue weighted by Gasteiger charge is -2.30. The van der Waals surface area contributed by atoms with E-state index in [1.54, 1.807) is 0 Å². The van der Waals surface area contributed by atoms with Crippen LogP contribution < -0.4 is 0 Å². The Balaban J connectivity index is 2.11. The minimum atomic E-state index is 0.915. The molecule has 0 atom stereocenters. The van der Waals surface area contributed by atoms with Crippen LogP contribution in [0.3, 0.4) is 0 Å². The van der Waals surface area contributed by atoms with Gasteiger partial charge in [-0.3, -0.25) is 10.0 Å². The normalized spacial score (nSPS) is 17.9. The number of aliphatic imine (C=N–C) groups is 1. The molecule has 0 N–H and O–H groups in total. The molecule has 2 aliphatic rings. The predicted octanol–water partition coefficient (Wildman–Crippen LogP) is 1.91. The molecule has 3 rings (SSSR count). The van der Waals surface area contributed by atoms with Gasteiger partial charge in [0.1, 0.15) is 5.84 Å². The SMILES string of the molecule is CN1C=CC2=Nc3ccccc3CN21. The van der Waals surface area contributed by atoms with E-state index in [9.17, 15) is 0 Å². The minimum Gasteiger partial charge on any atom is -0.294 e. The third kappa shape index (κ3) is 0.954. The lowest BCUT2D eigenvalue weighted by atomic mass is 10.1. The van der Waals surface area contributed by atoms with Crippen LogP contribution in [0.2, 0.25) is 0 Å². The molecule has 2 aliphatic heterocycles. The van der Waals surface area contributed by atoms with Gasteiger partial charge in [0.15, 0.2) is 0 Å². The minimum absolute atomic E-state index is 0.915. The van der Waals surface area contributed by atoms with Crippen molar-refractivity contribution < 1.29 is 0 Å². The lowest BCUT2D eigenvalue weighted by Crippen LogP contribution is -2.36. The Morgan fingerprint density at radius 3 is 3.07 bits per heavy atom. The second kappa shape index (κ2) is 2.61. The van der Waals surface area contributed by atoms with Gasteiger partial charge in [-0.2, -0.15) is 0 Å². The van der Waals surface area contributed by atoms with Crippen molar-refractivity contribution >= 4 is 11.5 Å². The van der Waals surface area contributed by atoms with Gasteiger partial charge in [0, 0.05) is 19.3 Å². The first-order chi connectivity index (χ1) is 6.84. The van der Waals surface area contributed by atoms with Crippen molar-refractivity contribution in [3.05, 3.63) is 42.1 Å². The molecule has 3 heteroatoms. The Hall–Kier alpha value is -1.77. The molecule has 0 aromatic heterocycles. The van der Waals surface area contributed by atoms with Gasteiger partial charge < -0.3 is 0 Å². The van der Waals surface area contributed by atoms with Gasteiger partial charge in [0.05, 0.1) is 12.2 Å². The summed E-state index contributed by atoms with van der Waals surface area (Å²) in [5.41, 5.74) is 2.38. The maximum Gasteiger partial charge on any atom is 0.149 e. The molecule has 0 fully saturated rings. The summed E-state index contributed by atoms with van der Waals surface area (Å²) < 4.78 is 0. The Kier molecular flexibility index (Phi) is 1.42. The first-order valence-electron chi connectivity index (χ1n) is 4.70. The van der Waals surface area contributed by atoms with Gasteiger partial charge in [-0.25, -0.2) is 4.99 Å². The van der Waals surface area contributed by atoms with Crippen molar-refractivity contribution in [3.8, 4) is 0 Å². The summed E-state index contributed by atoms with van der Waals surface area (Å²) in [5.74, 6) is 1.03. The predicted molar refractivity (Wildman–Crippen MR) is 56.0 cm³/mol. The van der Waals surface area contributed by atoms with E-state index in [-0.39, 0.29) is 0 Å². The van der Waals surface area contributed by atoms with Gasteiger partial charge in [-0.05, 0) is 11.6 Å². The molecule has 1 aromatic rings. The van der Waals surface area contributed by atoms with E-state index in [0.29, 0.717) is 0 Å². The highest BCUT2D eigenvalue weighted by Gasteiger charge is 2.23. The number of nitrogens with zero attached hydrogens (tertiary/aromatic N) is 3. The van der Waals surface area contributed by atoms with E-state index in [1.165, 1.54) is 5.56 Å². The molecular weight excluding hydrogens is 174 g/mol. The van der Waals surface area contributed by atoms with E-state index in [0.717, 1.165) is 18.1 Å². The average Bonchev–Trinajstić information content (AvgIpc) is 2.57. The van der Waals surface area contributed by atoms with Crippen LogP contribution in [0.5, 0.6) is 0 Å². The average molecular weight is 185 g/mol. The summed E-state index contributed by atoms with van der Waals surface area (Å²) in [7, 11) is 2.03. The third-order valence-corrected chi connectivity index (χ3v) is 2.63. The maximum atomic E-state index is 4.57. The zero-order valence-electron chi connectivity index (χ0n) is 8.01. The van der Waals surface area contributed by atoms with Crippen molar-refractivity contribution in [2.24, 2.45) is 4.99 Å². The van der Waals surface area contributed by atoms with Crippen LogP contribution in [0.1, 0.15) is 5.56 Å². The van der Waals surface area contributed by atoms with E-state index < -0.39 is 0 Å². The summed E-state index contributed by atoms with van der Waals surface area (Å²) in [4.78, 5) is 4.57. The molecule has 0 saturated carbocycles. The summed E-state index contributed by atoms with van der Waals surface area (Å²) in [6.45, 7) is 0.915. The Bertz CT molecular complexity index is 434. The second-order valence-electron chi connectivity index (χ2n) is 3.55. The molecule has 0 bridgehead atoms. The van der Waals surface area contributed by atoms with Crippen molar-refractivity contribution in [1.82, 2.24) is 10.0 Å². The molecule has 2 heterocycles. The smallest absolute Gasteiger partial charge is 0.149 e. The zero-order valence-corrected chi connectivity index (χ0v) is 8.01. The Morgan fingerprint density at radius 2 is 2.14 bits per heavy atom. The summed E-state index contributed by atoms with van der Waals surface area (Å²) in [6.07, 6.45) is 4.07. The fraction of sp³-hybridized carbons (Fsp3) is 0.182. The molecule has 0 radical (unpaired) electrons. The first kappa shape index (κ1) is 7.62. The van der Waals surface area contributed by atoms with Crippen molar-refractivity contribution in [2.45, 2.75) is 6.54 Å². The quantitative estimate of drug-likeness (QED) is 0.614. The molecular formula is C11H11N3. The number of hydrazine groups is 1. The highest BCUT2D eigenvalue weighted by Crippen LogP contribution is 2.28. The van der Waals surface area contributed by atoms with E-state index in [1.807, 2.05) is 25.4 Å². The number of fused-ring (bicyclic) bond motifs is 2. The highest BCUT2D eigenvalue weighted by atomic mass is 15.6. The monoisotopic (exact) mass is 185 g/mol. The highest BCUT2D eigenvalue weighted by molar-refractivity contribution is 5.97. The molecule has 0 amide bonds. The van der Waals surface area contributed by atoms with Crippen molar-refractivity contribution in [1.29, 1.82) is 0 Å². The third-order valence-electron chi connectivity index (χ3n) is 2.63. The molecule has 0 saturated heterocycles. The van der Waals surface area contributed by atoms with E-state index in [4.69, 9.17) is 0 Å². The van der Waals surface area contributed by atoms with Crippen LogP contribution in [-0.2, 0) is 6.54 Å². The van der Waals surface area contributed by atoms with Gasteiger partial charge in [-0.15, -0.1) is 0 Å². The van der Waals surface area contributed by atoms with Crippen LogP contribution in [-0.4, -0.2) is 22.9 Å². The van der Waals surface area contributed by atoms with Crippen molar-refractivity contribution in [3.63, 3.8) is 0 Å². The van der Waals surface area contributed by atoms with Crippen LogP contribution >= 0.6 is 0 Å². The lowest BCUT2D eigenvalue weighted by molar-refractivity contribution is 0.140. The van der Waals surface area contributed by atoms with Crippen molar-refractivity contribution in [2.75, 3.05) is 7.05 Å². The molecule has 70 valence electrons. The Labute approximate surface area is 82.9 Å². The number of hydrogen-bond donors (Lipinski definition) is 0. The van der Waals surface area contributed by atoms with Crippen LogP contribution in [0.15, 0.2) is 41.5 Å². The van der Waals surface area contributed by atoms with Gasteiger partial charge in [0.25, 0.3) is 0 Å². The standard InChI is InChI=1S/C11H11N3/c1-13-7-6-11-12-10-5-3-2-4-9(10)8-14(11)13/h2-7H,8H2,1H3. The molecule has 0 spiro atoms. The molecule has 0 unspecified atom stereocenters. The summed E-state index contributed by atoms with van der Waals surface area (Å²) in [6, 6.07) is 8.28. The van der Waals surface area contributed by atoms with Gasteiger partial charge in [0.2, 0.25) is 0 Å². The van der Waals surface area contributed by atoms with Gasteiger partial charge in [-0.1, -0.05) is 18.2 Å². The molecule has 1 aromatic carbocycles. The second-order valence-corrected chi connectivity index (χ2v) is 3.55. The van der Waals surface area contributed by atoms with Crippen LogP contribution in [0, 0.1) is 0 Å². The number of para-hydroxylation sites is 1. The topological polar surface area (TPSA) is 18.8 Å². The Morgan fingerprint density at radius 1 is 1.29 bits per heavy atom. The maximum absolute atomic E-state index is 4.57. The molecule has 0 aliphatic carbocycles.